The Morgan fingerprint density at radius 3 is 2.89 bits per heavy atom. The quantitative estimate of drug-likeness (QED) is 0.757. The van der Waals surface area contributed by atoms with E-state index in [4.69, 9.17) is 4.74 Å². The number of imidazole rings is 1. The van der Waals surface area contributed by atoms with Crippen LogP contribution in [-0.4, -0.2) is 27.4 Å². The number of nitrogens with zero attached hydrogens (tertiary/aromatic N) is 2. The number of ether oxygens (including phenoxy) is 1. The SMILES string of the molecule is O=C(N[C@H]1[C@H]2CCC[C@H]2[C@H]1OCc1ccccc1)c1ccc2cncn2c1. The summed E-state index contributed by atoms with van der Waals surface area (Å²) in [6.45, 7) is 0.599. The van der Waals surface area contributed by atoms with Crippen molar-refractivity contribution in [3.63, 3.8) is 0 Å². The van der Waals surface area contributed by atoms with Gasteiger partial charge in [-0.15, -0.1) is 0 Å². The summed E-state index contributed by atoms with van der Waals surface area (Å²) in [5.74, 6) is 1.09. The van der Waals surface area contributed by atoms with E-state index in [1.54, 1.807) is 12.5 Å². The van der Waals surface area contributed by atoms with Crippen LogP contribution in [0.25, 0.3) is 5.52 Å². The summed E-state index contributed by atoms with van der Waals surface area (Å²) < 4.78 is 8.13. The molecule has 0 spiro atoms. The van der Waals surface area contributed by atoms with Gasteiger partial charge in [0.05, 0.1) is 42.4 Å². The molecule has 2 heterocycles. The Morgan fingerprint density at radius 1 is 1.15 bits per heavy atom. The Hall–Kier alpha value is -2.66. The molecule has 1 amide bonds. The van der Waals surface area contributed by atoms with Gasteiger partial charge in [0.2, 0.25) is 0 Å². The van der Waals surface area contributed by atoms with Crippen molar-refractivity contribution in [2.24, 2.45) is 11.8 Å². The van der Waals surface area contributed by atoms with Crippen LogP contribution in [-0.2, 0) is 11.3 Å². The fourth-order valence-electron chi connectivity index (χ4n) is 4.71. The van der Waals surface area contributed by atoms with E-state index in [1.165, 1.54) is 24.8 Å². The molecule has 5 heteroatoms. The van der Waals surface area contributed by atoms with E-state index in [2.05, 4.69) is 22.4 Å². The van der Waals surface area contributed by atoms with Crippen molar-refractivity contribution in [2.75, 3.05) is 0 Å². The summed E-state index contributed by atoms with van der Waals surface area (Å²) in [4.78, 5) is 16.9. The van der Waals surface area contributed by atoms with E-state index in [0.717, 1.165) is 5.52 Å². The van der Waals surface area contributed by atoms with Crippen LogP contribution < -0.4 is 5.32 Å². The van der Waals surface area contributed by atoms with Gasteiger partial charge >= 0.3 is 0 Å². The van der Waals surface area contributed by atoms with E-state index in [9.17, 15) is 4.79 Å². The monoisotopic (exact) mass is 361 g/mol. The zero-order valence-electron chi connectivity index (χ0n) is 15.1. The molecule has 0 saturated heterocycles. The maximum Gasteiger partial charge on any atom is 0.253 e. The highest BCUT2D eigenvalue weighted by molar-refractivity contribution is 5.94. The molecule has 0 bridgehead atoms. The molecule has 0 unspecified atom stereocenters. The Labute approximate surface area is 158 Å². The molecule has 27 heavy (non-hydrogen) atoms. The molecule has 2 fully saturated rings. The first-order valence-electron chi connectivity index (χ1n) is 9.68. The van der Waals surface area contributed by atoms with Gasteiger partial charge in [-0.2, -0.15) is 0 Å². The molecule has 2 aliphatic carbocycles. The fourth-order valence-corrected chi connectivity index (χ4v) is 4.71. The zero-order valence-corrected chi connectivity index (χ0v) is 15.1. The molecular formula is C22H23N3O2. The Kier molecular flexibility index (Phi) is 4.17. The first kappa shape index (κ1) is 16.5. The summed E-state index contributed by atoms with van der Waals surface area (Å²) >= 11 is 0. The summed E-state index contributed by atoms with van der Waals surface area (Å²) in [5, 5.41) is 3.25. The maximum absolute atomic E-state index is 12.8. The lowest BCUT2D eigenvalue weighted by Crippen LogP contribution is -2.62. The van der Waals surface area contributed by atoms with Gasteiger partial charge < -0.3 is 14.5 Å². The van der Waals surface area contributed by atoms with E-state index in [0.29, 0.717) is 24.0 Å². The van der Waals surface area contributed by atoms with Crippen LogP contribution in [0.5, 0.6) is 0 Å². The summed E-state index contributed by atoms with van der Waals surface area (Å²) in [5.41, 5.74) is 2.81. The Balaban J connectivity index is 1.29. The molecular weight excluding hydrogens is 338 g/mol. The first-order valence-corrected chi connectivity index (χ1v) is 9.68. The predicted octanol–water partition coefficient (Wildman–Crippen LogP) is 3.45. The number of carbonyl (C=O) groups excluding carboxylic acids is 1. The number of pyridine rings is 1. The minimum Gasteiger partial charge on any atom is -0.371 e. The minimum absolute atomic E-state index is 0.0331. The van der Waals surface area contributed by atoms with Gasteiger partial charge in [0.25, 0.3) is 5.91 Å². The van der Waals surface area contributed by atoms with Gasteiger partial charge in [-0.3, -0.25) is 4.79 Å². The number of amides is 1. The molecule has 5 nitrogen and oxygen atoms in total. The van der Waals surface area contributed by atoms with Crippen LogP contribution >= 0.6 is 0 Å². The van der Waals surface area contributed by atoms with Crippen LogP contribution in [0.3, 0.4) is 0 Å². The standard InChI is InChI=1S/C22H23N3O2/c26-22(16-9-10-17-11-23-14-25(17)12-16)24-20-18-7-4-8-19(18)21(20)27-13-15-5-2-1-3-6-15/h1-3,5-6,9-12,14,18-21H,4,7-8,13H2,(H,24,26)/t18-,19+,20-,21+/m0/s1. The number of nitrogens with one attached hydrogen (secondary N) is 1. The lowest BCUT2D eigenvalue weighted by molar-refractivity contribution is -0.108. The number of hydrogen-bond donors (Lipinski definition) is 1. The summed E-state index contributed by atoms with van der Waals surface area (Å²) in [6, 6.07) is 14.1. The first-order chi connectivity index (χ1) is 13.3. The topological polar surface area (TPSA) is 55.6 Å². The second kappa shape index (κ2) is 6.82. The van der Waals surface area contributed by atoms with Crippen LogP contribution in [0, 0.1) is 11.8 Å². The largest absolute Gasteiger partial charge is 0.371 e. The van der Waals surface area contributed by atoms with Crippen molar-refractivity contribution in [1.29, 1.82) is 0 Å². The van der Waals surface area contributed by atoms with Gasteiger partial charge in [-0.05, 0) is 42.4 Å². The molecule has 2 aromatic heterocycles. The summed E-state index contributed by atoms with van der Waals surface area (Å²) in [7, 11) is 0. The highest BCUT2D eigenvalue weighted by Gasteiger charge is 2.53. The average Bonchev–Trinajstić information content (AvgIpc) is 3.33. The normalized spacial score (nSPS) is 26.5. The van der Waals surface area contributed by atoms with Crippen molar-refractivity contribution >= 4 is 11.4 Å². The lowest BCUT2D eigenvalue weighted by Gasteiger charge is -2.48. The van der Waals surface area contributed by atoms with E-state index < -0.39 is 0 Å². The molecule has 4 atom stereocenters. The highest BCUT2D eigenvalue weighted by atomic mass is 16.5. The van der Waals surface area contributed by atoms with Crippen molar-refractivity contribution in [1.82, 2.24) is 14.7 Å². The second-order valence-electron chi connectivity index (χ2n) is 7.66. The van der Waals surface area contributed by atoms with Crippen molar-refractivity contribution in [2.45, 2.75) is 38.0 Å². The van der Waals surface area contributed by atoms with Crippen LogP contribution in [0.2, 0.25) is 0 Å². The number of benzene rings is 1. The fraction of sp³-hybridized carbons (Fsp3) is 0.364. The van der Waals surface area contributed by atoms with E-state index in [-0.39, 0.29) is 18.1 Å². The van der Waals surface area contributed by atoms with Gasteiger partial charge in [-0.1, -0.05) is 36.8 Å². The van der Waals surface area contributed by atoms with Gasteiger partial charge in [-0.25, -0.2) is 4.98 Å². The van der Waals surface area contributed by atoms with Gasteiger partial charge in [0.1, 0.15) is 0 Å². The molecule has 5 rings (SSSR count). The van der Waals surface area contributed by atoms with Crippen molar-refractivity contribution in [3.8, 4) is 0 Å². The molecule has 2 saturated carbocycles. The lowest BCUT2D eigenvalue weighted by atomic mass is 9.68. The Morgan fingerprint density at radius 2 is 2.00 bits per heavy atom. The van der Waals surface area contributed by atoms with Gasteiger partial charge in [0, 0.05) is 6.20 Å². The molecule has 0 radical (unpaired) electrons. The molecule has 3 aromatic rings. The van der Waals surface area contributed by atoms with Crippen LogP contribution in [0.4, 0.5) is 0 Å². The Bertz CT molecular complexity index is 952. The maximum atomic E-state index is 12.8. The number of hydrogen-bond acceptors (Lipinski definition) is 3. The van der Waals surface area contributed by atoms with Crippen LogP contribution in [0.1, 0.15) is 35.2 Å². The number of aromatic nitrogens is 2. The number of fused-ring (bicyclic) bond motifs is 2. The highest BCUT2D eigenvalue weighted by Crippen LogP contribution is 2.49. The molecule has 2 aliphatic rings. The van der Waals surface area contributed by atoms with E-state index in [1.807, 2.05) is 40.9 Å². The van der Waals surface area contributed by atoms with Crippen molar-refractivity contribution < 1.29 is 9.53 Å². The minimum atomic E-state index is -0.0331. The van der Waals surface area contributed by atoms with Crippen LogP contribution in [0.15, 0.2) is 61.2 Å². The smallest absolute Gasteiger partial charge is 0.253 e. The molecule has 0 aliphatic heterocycles. The predicted molar refractivity (Wildman–Crippen MR) is 102 cm³/mol. The number of carbonyl (C=O) groups is 1. The third-order valence-electron chi connectivity index (χ3n) is 6.12. The molecule has 1 aromatic carbocycles. The van der Waals surface area contributed by atoms with E-state index >= 15 is 0 Å². The molecule has 138 valence electrons. The summed E-state index contributed by atoms with van der Waals surface area (Å²) in [6.07, 6.45) is 9.06. The van der Waals surface area contributed by atoms with Gasteiger partial charge in [0.15, 0.2) is 0 Å². The average molecular weight is 361 g/mol. The third kappa shape index (κ3) is 3.02. The number of rotatable bonds is 5. The molecule has 1 N–H and O–H groups in total. The van der Waals surface area contributed by atoms with Crippen molar-refractivity contribution in [3.05, 3.63) is 72.3 Å². The second-order valence-corrected chi connectivity index (χ2v) is 7.66. The third-order valence-corrected chi connectivity index (χ3v) is 6.12. The zero-order chi connectivity index (χ0) is 18.2.